The van der Waals surface area contributed by atoms with Gasteiger partial charge in [-0.25, -0.2) is 0 Å². The van der Waals surface area contributed by atoms with Gasteiger partial charge in [-0.2, -0.15) is 5.10 Å². The lowest BCUT2D eigenvalue weighted by atomic mass is 10.0. The Morgan fingerprint density at radius 2 is 2.25 bits per heavy atom. The second kappa shape index (κ2) is 6.19. The van der Waals surface area contributed by atoms with Crippen LogP contribution in [0.4, 0.5) is 0 Å². The van der Waals surface area contributed by atoms with Crippen LogP contribution in [0.1, 0.15) is 35.2 Å². The lowest BCUT2D eigenvalue weighted by molar-refractivity contribution is 0.0579. The molecule has 3 heterocycles. The van der Waals surface area contributed by atoms with Crippen molar-refractivity contribution in [1.82, 2.24) is 14.7 Å². The number of aryl methyl sites for hydroxylation is 1. The molecule has 1 saturated heterocycles. The van der Waals surface area contributed by atoms with Crippen LogP contribution in [0.3, 0.4) is 0 Å². The SMILES string of the molecule is Cc1cnn(CC2CCCCN2C(=O)c2cccc3c2OCO3)c1. The monoisotopic (exact) mass is 327 g/mol. The Bertz CT molecular complexity index is 756. The molecule has 0 radical (unpaired) electrons. The number of nitrogens with zero attached hydrogens (tertiary/aromatic N) is 3. The van der Waals surface area contributed by atoms with Crippen LogP contribution < -0.4 is 9.47 Å². The van der Waals surface area contributed by atoms with Crippen molar-refractivity contribution in [3.05, 3.63) is 41.7 Å². The fourth-order valence-corrected chi connectivity index (χ4v) is 3.49. The van der Waals surface area contributed by atoms with E-state index in [2.05, 4.69) is 5.10 Å². The first-order valence-corrected chi connectivity index (χ1v) is 8.41. The van der Waals surface area contributed by atoms with Crippen molar-refractivity contribution in [3.8, 4) is 11.5 Å². The van der Waals surface area contributed by atoms with Gasteiger partial charge in [0.1, 0.15) is 0 Å². The number of para-hydroxylation sites is 1. The molecule has 2 aliphatic rings. The molecule has 1 amide bonds. The number of aromatic nitrogens is 2. The minimum atomic E-state index is 0.0194. The van der Waals surface area contributed by atoms with Crippen LogP contribution in [0.15, 0.2) is 30.6 Å². The minimum absolute atomic E-state index is 0.0194. The van der Waals surface area contributed by atoms with E-state index in [1.165, 1.54) is 0 Å². The highest BCUT2D eigenvalue weighted by Crippen LogP contribution is 2.36. The fourth-order valence-electron chi connectivity index (χ4n) is 3.49. The number of piperidine rings is 1. The van der Waals surface area contributed by atoms with E-state index < -0.39 is 0 Å². The van der Waals surface area contributed by atoms with E-state index >= 15 is 0 Å². The highest BCUT2D eigenvalue weighted by molar-refractivity contribution is 5.98. The third kappa shape index (κ3) is 2.72. The second-order valence-electron chi connectivity index (χ2n) is 6.43. The third-order valence-electron chi connectivity index (χ3n) is 4.68. The van der Waals surface area contributed by atoms with Crippen molar-refractivity contribution in [1.29, 1.82) is 0 Å². The van der Waals surface area contributed by atoms with Crippen molar-refractivity contribution < 1.29 is 14.3 Å². The first kappa shape index (κ1) is 15.1. The van der Waals surface area contributed by atoms with Crippen molar-refractivity contribution in [2.24, 2.45) is 0 Å². The van der Waals surface area contributed by atoms with Gasteiger partial charge in [-0.3, -0.25) is 9.48 Å². The van der Waals surface area contributed by atoms with E-state index in [0.717, 1.165) is 37.9 Å². The summed E-state index contributed by atoms with van der Waals surface area (Å²) in [7, 11) is 0. The summed E-state index contributed by atoms with van der Waals surface area (Å²) >= 11 is 0. The number of hydrogen-bond acceptors (Lipinski definition) is 4. The van der Waals surface area contributed by atoms with Crippen LogP contribution in [0, 0.1) is 6.92 Å². The Hall–Kier alpha value is -2.50. The molecule has 1 fully saturated rings. The molecule has 0 N–H and O–H groups in total. The quantitative estimate of drug-likeness (QED) is 0.869. The normalized spacial score (nSPS) is 19.5. The van der Waals surface area contributed by atoms with E-state index in [0.29, 0.717) is 17.1 Å². The van der Waals surface area contributed by atoms with Gasteiger partial charge in [0, 0.05) is 12.7 Å². The maximum atomic E-state index is 13.1. The summed E-state index contributed by atoms with van der Waals surface area (Å²) < 4.78 is 12.8. The van der Waals surface area contributed by atoms with Gasteiger partial charge in [-0.05, 0) is 43.9 Å². The molecule has 0 bridgehead atoms. The Kier molecular flexibility index (Phi) is 3.88. The highest BCUT2D eigenvalue weighted by Gasteiger charge is 2.31. The van der Waals surface area contributed by atoms with Crippen LogP contribution in [0.5, 0.6) is 11.5 Å². The predicted octanol–water partition coefficient (Wildman–Crippen LogP) is 2.62. The Labute approximate surface area is 141 Å². The molecule has 1 unspecified atom stereocenters. The standard InChI is InChI=1S/C18H21N3O3/c1-13-9-19-20(10-13)11-14-5-2-3-8-21(14)18(22)15-6-4-7-16-17(15)24-12-23-16/h4,6-7,9-10,14H,2-3,5,8,11-12H2,1H3. The summed E-state index contributed by atoms with van der Waals surface area (Å²) in [5.41, 5.74) is 1.73. The number of rotatable bonds is 3. The van der Waals surface area contributed by atoms with E-state index in [9.17, 15) is 4.79 Å². The largest absolute Gasteiger partial charge is 0.454 e. The zero-order valence-electron chi connectivity index (χ0n) is 13.8. The molecule has 2 aliphatic heterocycles. The first-order chi connectivity index (χ1) is 11.7. The van der Waals surface area contributed by atoms with Crippen molar-refractivity contribution in [2.45, 2.75) is 38.8 Å². The van der Waals surface area contributed by atoms with E-state index in [4.69, 9.17) is 9.47 Å². The number of likely N-dealkylation sites (tertiary alicyclic amines) is 1. The van der Waals surface area contributed by atoms with Crippen LogP contribution >= 0.6 is 0 Å². The molecule has 126 valence electrons. The van der Waals surface area contributed by atoms with Crippen molar-refractivity contribution in [2.75, 3.05) is 13.3 Å². The maximum Gasteiger partial charge on any atom is 0.258 e. The average molecular weight is 327 g/mol. The number of benzene rings is 1. The second-order valence-corrected chi connectivity index (χ2v) is 6.43. The highest BCUT2D eigenvalue weighted by atomic mass is 16.7. The van der Waals surface area contributed by atoms with Crippen LogP contribution in [0.25, 0.3) is 0 Å². The van der Waals surface area contributed by atoms with Crippen LogP contribution in [-0.4, -0.2) is 40.0 Å². The number of amides is 1. The summed E-state index contributed by atoms with van der Waals surface area (Å²) in [5.74, 6) is 1.24. The van der Waals surface area contributed by atoms with Crippen LogP contribution in [-0.2, 0) is 6.54 Å². The molecule has 0 aliphatic carbocycles. The van der Waals surface area contributed by atoms with Gasteiger partial charge >= 0.3 is 0 Å². The molecule has 1 aromatic carbocycles. The third-order valence-corrected chi connectivity index (χ3v) is 4.68. The smallest absolute Gasteiger partial charge is 0.258 e. The van der Waals surface area contributed by atoms with Gasteiger partial charge in [-0.15, -0.1) is 0 Å². The predicted molar refractivity (Wildman–Crippen MR) is 88.2 cm³/mol. The van der Waals surface area contributed by atoms with Crippen molar-refractivity contribution >= 4 is 5.91 Å². The van der Waals surface area contributed by atoms with Crippen LogP contribution in [0.2, 0.25) is 0 Å². The molecule has 1 aromatic heterocycles. The lowest BCUT2D eigenvalue weighted by Crippen LogP contribution is -2.46. The van der Waals surface area contributed by atoms with Gasteiger partial charge in [0.05, 0.1) is 24.3 Å². The fraction of sp³-hybridized carbons (Fsp3) is 0.444. The lowest BCUT2D eigenvalue weighted by Gasteiger charge is -2.36. The summed E-state index contributed by atoms with van der Waals surface area (Å²) in [5, 5.41) is 4.37. The molecular formula is C18H21N3O3. The van der Waals surface area contributed by atoms with E-state index in [1.54, 1.807) is 0 Å². The Morgan fingerprint density at radius 3 is 3.08 bits per heavy atom. The molecule has 1 atom stereocenters. The van der Waals surface area contributed by atoms with Gasteiger partial charge in [0.25, 0.3) is 5.91 Å². The molecule has 4 rings (SSSR count). The van der Waals surface area contributed by atoms with Gasteiger partial charge in [-0.1, -0.05) is 6.07 Å². The molecule has 6 nitrogen and oxygen atoms in total. The molecular weight excluding hydrogens is 306 g/mol. The van der Waals surface area contributed by atoms with E-state index in [-0.39, 0.29) is 18.7 Å². The van der Waals surface area contributed by atoms with Gasteiger partial charge in [0.2, 0.25) is 6.79 Å². The summed E-state index contributed by atoms with van der Waals surface area (Å²) in [6.45, 7) is 3.70. The number of carbonyl (C=O) groups excluding carboxylic acids is 1. The minimum Gasteiger partial charge on any atom is -0.454 e. The molecule has 0 spiro atoms. The topological polar surface area (TPSA) is 56.6 Å². The summed E-state index contributed by atoms with van der Waals surface area (Å²) in [6, 6.07) is 5.65. The number of carbonyl (C=O) groups is 1. The van der Waals surface area contributed by atoms with Gasteiger partial charge in [0.15, 0.2) is 11.5 Å². The summed E-state index contributed by atoms with van der Waals surface area (Å²) in [4.78, 5) is 15.1. The Morgan fingerprint density at radius 1 is 1.33 bits per heavy atom. The zero-order chi connectivity index (χ0) is 16.5. The molecule has 6 heteroatoms. The van der Waals surface area contributed by atoms with Crippen molar-refractivity contribution in [3.63, 3.8) is 0 Å². The van der Waals surface area contributed by atoms with Gasteiger partial charge < -0.3 is 14.4 Å². The Balaban J connectivity index is 1.58. The number of ether oxygens (including phenoxy) is 2. The molecule has 24 heavy (non-hydrogen) atoms. The maximum absolute atomic E-state index is 13.1. The van der Waals surface area contributed by atoms with E-state index in [1.807, 2.05) is 47.1 Å². The zero-order valence-corrected chi connectivity index (χ0v) is 13.8. The number of hydrogen-bond donors (Lipinski definition) is 0. The molecule has 0 saturated carbocycles. The number of fused-ring (bicyclic) bond motifs is 1. The first-order valence-electron chi connectivity index (χ1n) is 8.41. The molecule has 2 aromatic rings. The summed E-state index contributed by atoms with van der Waals surface area (Å²) in [6.07, 6.45) is 7.05. The average Bonchev–Trinajstić information content (AvgIpc) is 3.23.